The van der Waals surface area contributed by atoms with Crippen LogP contribution in [-0.4, -0.2) is 0 Å². The molecule has 2 aliphatic carbocycles. The van der Waals surface area contributed by atoms with Crippen molar-refractivity contribution in [1.82, 2.24) is 0 Å². The van der Waals surface area contributed by atoms with Gasteiger partial charge in [0.25, 0.3) is 0 Å². The Hall–Kier alpha value is -0.157. The Morgan fingerprint density at radius 2 is 1.24 bits per heavy atom. The molecule has 0 amide bonds. The molecule has 2 aliphatic rings. The second kappa shape index (κ2) is 8.47. The Bertz CT molecular complexity index is 454. The summed E-state index contributed by atoms with van der Waals surface area (Å²) in [7, 11) is 0. The first-order valence-electron chi connectivity index (χ1n) is 8.72. The first-order chi connectivity index (χ1) is 10.2. The standard InChI is InChI=1S/2C10H15.Zr/c2*1-3-4-5-10-7-6-9(2)8-10;/h2*7H,3-6H2,1-2H3;. The van der Waals surface area contributed by atoms with Gasteiger partial charge >= 0.3 is 143 Å². The van der Waals surface area contributed by atoms with E-state index < -0.39 is 23.2 Å². The Labute approximate surface area is 143 Å². The molecule has 114 valence electrons. The van der Waals surface area contributed by atoms with Gasteiger partial charge in [0.2, 0.25) is 0 Å². The van der Waals surface area contributed by atoms with Crippen molar-refractivity contribution in [1.29, 1.82) is 0 Å². The molecule has 0 saturated heterocycles. The molecule has 0 N–H and O–H groups in total. The van der Waals surface area contributed by atoms with E-state index in [4.69, 9.17) is 0 Å². The Kier molecular flexibility index (Phi) is 6.94. The van der Waals surface area contributed by atoms with Crippen molar-refractivity contribution < 1.29 is 23.2 Å². The molecule has 0 unspecified atom stereocenters. The molecule has 0 saturated carbocycles. The van der Waals surface area contributed by atoms with Crippen LogP contribution < -0.4 is 0 Å². The fourth-order valence-electron chi connectivity index (χ4n) is 3.20. The zero-order valence-corrected chi connectivity index (χ0v) is 16.8. The number of unbranched alkanes of at least 4 members (excludes halogenated alkanes) is 2. The second-order valence-electron chi connectivity index (χ2n) is 6.51. The summed E-state index contributed by atoms with van der Waals surface area (Å²) >= 11 is -0.585. The summed E-state index contributed by atoms with van der Waals surface area (Å²) in [6.45, 7) is 9.37. The Balaban J connectivity index is 2.09. The molecule has 0 spiro atoms. The first-order valence-corrected chi connectivity index (χ1v) is 11.2. The Morgan fingerprint density at radius 3 is 1.62 bits per heavy atom. The predicted molar refractivity (Wildman–Crippen MR) is 89.9 cm³/mol. The second-order valence-corrected chi connectivity index (χ2v) is 9.58. The third-order valence-electron chi connectivity index (χ3n) is 4.65. The summed E-state index contributed by atoms with van der Waals surface area (Å²) in [6, 6.07) is 0. The maximum absolute atomic E-state index is 2.53. The van der Waals surface area contributed by atoms with Crippen LogP contribution in [-0.2, 0) is 23.2 Å². The van der Waals surface area contributed by atoms with Crippen molar-refractivity contribution in [3.63, 3.8) is 0 Å². The van der Waals surface area contributed by atoms with Crippen LogP contribution in [0.5, 0.6) is 0 Å². The molecular weight excluding hydrogens is 331 g/mol. The summed E-state index contributed by atoms with van der Waals surface area (Å²) in [4.78, 5) is 0. The van der Waals surface area contributed by atoms with E-state index in [1.54, 1.807) is 22.3 Å². The van der Waals surface area contributed by atoms with Crippen LogP contribution in [0.25, 0.3) is 0 Å². The van der Waals surface area contributed by atoms with Gasteiger partial charge in [-0.2, -0.15) is 0 Å². The number of hydrogen-bond donors (Lipinski definition) is 0. The van der Waals surface area contributed by atoms with Crippen LogP contribution in [0.1, 0.15) is 79.1 Å². The third-order valence-corrected chi connectivity index (χ3v) is 9.56. The molecule has 0 fully saturated rings. The van der Waals surface area contributed by atoms with E-state index in [1.807, 2.05) is 6.56 Å². The minimum absolute atomic E-state index is 0.585. The molecule has 0 nitrogen and oxygen atoms in total. The number of allylic oxidation sites excluding steroid dienone is 8. The summed E-state index contributed by atoms with van der Waals surface area (Å²) in [5.74, 6) is 0. The first kappa shape index (κ1) is 17.2. The van der Waals surface area contributed by atoms with E-state index in [-0.39, 0.29) is 0 Å². The molecule has 0 aromatic heterocycles. The van der Waals surface area contributed by atoms with Gasteiger partial charge in [0.15, 0.2) is 0 Å². The quantitative estimate of drug-likeness (QED) is 0.453. The maximum atomic E-state index is 2.53. The van der Waals surface area contributed by atoms with Crippen LogP contribution in [0.4, 0.5) is 0 Å². The molecule has 2 rings (SSSR count). The minimum atomic E-state index is -0.585. The summed E-state index contributed by atoms with van der Waals surface area (Å²) in [5.41, 5.74) is 6.83. The van der Waals surface area contributed by atoms with Crippen LogP contribution in [0, 0.1) is 0 Å². The van der Waals surface area contributed by atoms with Crippen molar-refractivity contribution in [2.45, 2.75) is 79.1 Å². The van der Waals surface area contributed by atoms with Crippen molar-refractivity contribution in [3.8, 4) is 0 Å². The van der Waals surface area contributed by atoms with E-state index in [1.165, 1.54) is 51.4 Å². The van der Waals surface area contributed by atoms with Crippen LogP contribution in [0.2, 0.25) is 0 Å². The molecule has 0 aromatic rings. The summed E-state index contributed by atoms with van der Waals surface area (Å²) in [6.07, 6.45) is 15.5. The SMILES string of the molecule is CCCCC1=CCC(C)=[C]1[Zr][C]1=C(C)CC=C1CCCC. The van der Waals surface area contributed by atoms with Crippen molar-refractivity contribution >= 4 is 0 Å². The number of hydrogen-bond acceptors (Lipinski definition) is 0. The predicted octanol–water partition coefficient (Wildman–Crippen LogP) is 6.66. The monoisotopic (exact) mass is 360 g/mol. The van der Waals surface area contributed by atoms with Crippen LogP contribution in [0.15, 0.2) is 41.0 Å². The molecule has 21 heavy (non-hydrogen) atoms. The van der Waals surface area contributed by atoms with Crippen LogP contribution in [0.3, 0.4) is 0 Å². The topological polar surface area (TPSA) is 0 Å². The summed E-state index contributed by atoms with van der Waals surface area (Å²) < 4.78 is 3.68. The fraction of sp³-hybridized carbons (Fsp3) is 0.600. The van der Waals surface area contributed by atoms with E-state index in [2.05, 4.69) is 39.8 Å². The van der Waals surface area contributed by atoms with Gasteiger partial charge in [0.1, 0.15) is 0 Å². The molecule has 0 atom stereocenters. The van der Waals surface area contributed by atoms with E-state index >= 15 is 0 Å². The van der Waals surface area contributed by atoms with Crippen molar-refractivity contribution in [3.05, 3.63) is 41.0 Å². The van der Waals surface area contributed by atoms with Crippen molar-refractivity contribution in [2.75, 3.05) is 0 Å². The van der Waals surface area contributed by atoms with Gasteiger partial charge in [-0.05, 0) is 0 Å². The fourth-order valence-corrected chi connectivity index (χ4v) is 7.27. The molecule has 0 heterocycles. The number of rotatable bonds is 8. The molecular formula is C20H30Zr. The normalized spacial score (nSPS) is 18.5. The molecule has 0 bridgehead atoms. The van der Waals surface area contributed by atoms with E-state index in [0.717, 1.165) is 0 Å². The van der Waals surface area contributed by atoms with Gasteiger partial charge in [0, 0.05) is 0 Å². The average molecular weight is 362 g/mol. The van der Waals surface area contributed by atoms with Gasteiger partial charge in [-0.25, -0.2) is 0 Å². The molecule has 1 heteroatoms. The van der Waals surface area contributed by atoms with E-state index in [9.17, 15) is 0 Å². The van der Waals surface area contributed by atoms with Gasteiger partial charge in [-0.15, -0.1) is 0 Å². The van der Waals surface area contributed by atoms with Crippen LogP contribution >= 0.6 is 0 Å². The van der Waals surface area contributed by atoms with E-state index in [0.29, 0.717) is 0 Å². The zero-order chi connectivity index (χ0) is 15.2. The average Bonchev–Trinajstić information content (AvgIpc) is 3.00. The van der Waals surface area contributed by atoms with Gasteiger partial charge in [0.05, 0.1) is 0 Å². The Morgan fingerprint density at radius 1 is 0.810 bits per heavy atom. The van der Waals surface area contributed by atoms with Crippen molar-refractivity contribution in [2.24, 2.45) is 0 Å². The third kappa shape index (κ3) is 4.41. The van der Waals surface area contributed by atoms with Gasteiger partial charge in [-0.3, -0.25) is 0 Å². The molecule has 0 radical (unpaired) electrons. The molecule has 0 aromatic carbocycles. The zero-order valence-electron chi connectivity index (χ0n) is 14.3. The summed E-state index contributed by atoms with van der Waals surface area (Å²) in [5, 5.41) is 0. The van der Waals surface area contributed by atoms with Gasteiger partial charge in [-0.1, -0.05) is 0 Å². The molecule has 0 aliphatic heterocycles. The van der Waals surface area contributed by atoms with Gasteiger partial charge < -0.3 is 0 Å².